The molecule has 116 valence electrons. The van der Waals surface area contributed by atoms with Crippen molar-refractivity contribution >= 4 is 39.2 Å². The summed E-state index contributed by atoms with van der Waals surface area (Å²) in [4.78, 5) is 15.6. The van der Waals surface area contributed by atoms with Crippen molar-refractivity contribution in [2.75, 3.05) is 0 Å². The molecule has 1 aromatic heterocycles. The number of para-hydroxylation sites is 1. The van der Waals surface area contributed by atoms with Gasteiger partial charge >= 0.3 is 5.97 Å². The number of thiazole rings is 1. The van der Waals surface area contributed by atoms with E-state index < -0.39 is 5.97 Å². The van der Waals surface area contributed by atoms with Crippen molar-refractivity contribution in [2.24, 2.45) is 0 Å². The lowest BCUT2D eigenvalue weighted by atomic mass is 10.1. The van der Waals surface area contributed by atoms with Gasteiger partial charge in [-0.05, 0) is 42.7 Å². The van der Waals surface area contributed by atoms with Crippen molar-refractivity contribution in [3.05, 3.63) is 64.7 Å². The van der Waals surface area contributed by atoms with Crippen molar-refractivity contribution < 1.29 is 9.90 Å². The molecule has 0 bridgehead atoms. The number of aromatic nitrogens is 1. The average molecular weight is 323 g/mol. The second kappa shape index (κ2) is 6.75. The number of aliphatic carboxylic acids is 1. The average Bonchev–Trinajstić information content (AvgIpc) is 2.97. The molecule has 0 amide bonds. The zero-order chi connectivity index (χ0) is 16.2. The summed E-state index contributed by atoms with van der Waals surface area (Å²) in [5.41, 5.74) is 4.19. The number of hydrogen-bond acceptors (Lipinski definition) is 3. The van der Waals surface area contributed by atoms with E-state index in [2.05, 4.69) is 17.1 Å². The van der Waals surface area contributed by atoms with E-state index in [0.29, 0.717) is 6.42 Å². The minimum absolute atomic E-state index is 0.105. The zero-order valence-electron chi connectivity index (χ0n) is 12.8. The molecule has 0 saturated heterocycles. The lowest BCUT2D eigenvalue weighted by Crippen LogP contribution is -1.95. The molecule has 3 rings (SSSR count). The van der Waals surface area contributed by atoms with Crippen LogP contribution in [0.4, 0.5) is 0 Å². The number of nitrogens with zero attached hydrogens (tertiary/aromatic N) is 1. The Balaban J connectivity index is 2.00. The second-order valence-corrected chi connectivity index (χ2v) is 6.49. The van der Waals surface area contributed by atoms with Crippen molar-refractivity contribution in [3.8, 4) is 0 Å². The smallest absolute Gasteiger partial charge is 0.303 e. The summed E-state index contributed by atoms with van der Waals surface area (Å²) in [5, 5.41) is 9.90. The van der Waals surface area contributed by atoms with E-state index in [1.165, 1.54) is 5.56 Å². The first kappa shape index (κ1) is 15.4. The Kier molecular flexibility index (Phi) is 4.53. The highest BCUT2D eigenvalue weighted by atomic mass is 32.1. The molecule has 2 aromatic carbocycles. The summed E-state index contributed by atoms with van der Waals surface area (Å²) in [6, 6.07) is 16.2. The number of carboxylic acid groups (broad SMARTS) is 1. The molecule has 3 nitrogen and oxygen atoms in total. The summed E-state index contributed by atoms with van der Waals surface area (Å²) in [5.74, 6) is -0.791. The van der Waals surface area contributed by atoms with Gasteiger partial charge in [0, 0.05) is 6.42 Å². The van der Waals surface area contributed by atoms with Crippen molar-refractivity contribution in [1.82, 2.24) is 4.98 Å². The number of fused-ring (bicyclic) bond motifs is 1. The molecule has 0 aliphatic carbocycles. The van der Waals surface area contributed by atoms with Crippen LogP contribution in [0.15, 0.2) is 48.5 Å². The Labute approximate surface area is 138 Å². The van der Waals surface area contributed by atoms with Crippen LogP contribution in [0.1, 0.15) is 29.0 Å². The lowest BCUT2D eigenvalue weighted by molar-refractivity contribution is -0.136. The molecule has 0 aliphatic rings. The standard InChI is InChI=1S/C19H17NO2S/c1-13-6-8-14(9-7-13)12-15(10-11-18(21)22)19-20-16-4-2-3-5-17(16)23-19/h2-9,12H,10-11H2,1H3,(H,21,22)/b15-12-. The van der Waals surface area contributed by atoms with E-state index in [0.717, 1.165) is 26.4 Å². The van der Waals surface area contributed by atoms with Gasteiger partial charge in [-0.2, -0.15) is 0 Å². The number of allylic oxidation sites excluding steroid dienone is 1. The first-order chi connectivity index (χ1) is 11.1. The van der Waals surface area contributed by atoms with Crippen LogP contribution in [0.25, 0.3) is 21.9 Å². The summed E-state index contributed by atoms with van der Waals surface area (Å²) in [6.45, 7) is 2.05. The molecule has 0 aliphatic heterocycles. The molecule has 3 aromatic rings. The van der Waals surface area contributed by atoms with Crippen LogP contribution in [0.3, 0.4) is 0 Å². The van der Waals surface area contributed by atoms with Crippen molar-refractivity contribution in [2.45, 2.75) is 19.8 Å². The van der Waals surface area contributed by atoms with Crippen LogP contribution < -0.4 is 0 Å². The van der Waals surface area contributed by atoms with E-state index in [-0.39, 0.29) is 6.42 Å². The molecule has 0 saturated carbocycles. The van der Waals surface area contributed by atoms with E-state index >= 15 is 0 Å². The van der Waals surface area contributed by atoms with E-state index in [9.17, 15) is 4.79 Å². The van der Waals surface area contributed by atoms with Crippen LogP contribution >= 0.6 is 11.3 Å². The predicted molar refractivity (Wildman–Crippen MR) is 95.5 cm³/mol. The first-order valence-corrected chi connectivity index (χ1v) is 8.28. The number of benzene rings is 2. The highest BCUT2D eigenvalue weighted by Crippen LogP contribution is 2.31. The predicted octanol–water partition coefficient (Wildman–Crippen LogP) is 5.01. The fraction of sp³-hybridized carbons (Fsp3) is 0.158. The fourth-order valence-corrected chi connectivity index (χ4v) is 3.37. The SMILES string of the molecule is Cc1ccc(/C=C(/CCC(=O)O)c2nc3ccccc3s2)cc1. The van der Waals surface area contributed by atoms with Gasteiger partial charge in [0.05, 0.1) is 10.2 Å². The van der Waals surface area contributed by atoms with Crippen LogP contribution in [0, 0.1) is 6.92 Å². The van der Waals surface area contributed by atoms with Gasteiger partial charge in [0.1, 0.15) is 5.01 Å². The van der Waals surface area contributed by atoms with E-state index in [1.807, 2.05) is 49.4 Å². The van der Waals surface area contributed by atoms with Gasteiger partial charge in [0.2, 0.25) is 0 Å². The Morgan fingerprint density at radius 1 is 1.13 bits per heavy atom. The van der Waals surface area contributed by atoms with Gasteiger partial charge in [0.25, 0.3) is 0 Å². The van der Waals surface area contributed by atoms with Gasteiger partial charge in [0.15, 0.2) is 0 Å². The molecule has 0 spiro atoms. The summed E-state index contributed by atoms with van der Waals surface area (Å²) < 4.78 is 1.12. The highest BCUT2D eigenvalue weighted by molar-refractivity contribution is 7.19. The minimum Gasteiger partial charge on any atom is -0.481 e. The number of rotatable bonds is 5. The molecule has 1 N–H and O–H groups in total. The van der Waals surface area contributed by atoms with Crippen LogP contribution in [-0.2, 0) is 4.79 Å². The minimum atomic E-state index is -0.791. The first-order valence-electron chi connectivity index (χ1n) is 7.47. The quantitative estimate of drug-likeness (QED) is 0.718. The van der Waals surface area contributed by atoms with E-state index in [1.54, 1.807) is 11.3 Å². The summed E-state index contributed by atoms with van der Waals surface area (Å²) >= 11 is 1.61. The third-order valence-electron chi connectivity index (χ3n) is 3.60. The maximum Gasteiger partial charge on any atom is 0.303 e. The summed E-state index contributed by atoms with van der Waals surface area (Å²) in [6.07, 6.45) is 2.62. The van der Waals surface area contributed by atoms with Gasteiger partial charge in [-0.3, -0.25) is 4.79 Å². The Morgan fingerprint density at radius 3 is 2.57 bits per heavy atom. The van der Waals surface area contributed by atoms with Crippen molar-refractivity contribution in [1.29, 1.82) is 0 Å². The third-order valence-corrected chi connectivity index (χ3v) is 4.71. The van der Waals surface area contributed by atoms with E-state index in [4.69, 9.17) is 5.11 Å². The third kappa shape index (κ3) is 3.85. The largest absolute Gasteiger partial charge is 0.481 e. The number of aryl methyl sites for hydroxylation is 1. The topological polar surface area (TPSA) is 50.2 Å². The van der Waals surface area contributed by atoms with Crippen LogP contribution in [0.5, 0.6) is 0 Å². The Bertz CT molecular complexity index is 829. The van der Waals surface area contributed by atoms with Gasteiger partial charge in [-0.25, -0.2) is 4.98 Å². The Morgan fingerprint density at radius 2 is 1.87 bits per heavy atom. The normalized spacial score (nSPS) is 11.8. The number of carbonyl (C=O) groups is 1. The maximum absolute atomic E-state index is 11.0. The second-order valence-electron chi connectivity index (χ2n) is 5.46. The molecule has 0 atom stereocenters. The number of carboxylic acids is 1. The van der Waals surface area contributed by atoms with Gasteiger partial charge in [-0.15, -0.1) is 11.3 Å². The highest BCUT2D eigenvalue weighted by Gasteiger charge is 2.11. The molecular weight excluding hydrogens is 306 g/mol. The zero-order valence-corrected chi connectivity index (χ0v) is 13.6. The van der Waals surface area contributed by atoms with Crippen molar-refractivity contribution in [3.63, 3.8) is 0 Å². The molecular formula is C19H17NO2S. The molecule has 4 heteroatoms. The molecule has 0 radical (unpaired) electrons. The van der Waals surface area contributed by atoms with Crippen LogP contribution in [-0.4, -0.2) is 16.1 Å². The molecule has 0 unspecified atom stereocenters. The summed E-state index contributed by atoms with van der Waals surface area (Å²) in [7, 11) is 0. The van der Waals surface area contributed by atoms with Gasteiger partial charge in [-0.1, -0.05) is 42.0 Å². The molecule has 23 heavy (non-hydrogen) atoms. The van der Waals surface area contributed by atoms with Gasteiger partial charge < -0.3 is 5.11 Å². The maximum atomic E-state index is 11.0. The molecule has 1 heterocycles. The number of hydrogen-bond donors (Lipinski definition) is 1. The van der Waals surface area contributed by atoms with Crippen LogP contribution in [0.2, 0.25) is 0 Å². The monoisotopic (exact) mass is 323 g/mol. The fourth-order valence-electron chi connectivity index (χ4n) is 2.36. The lowest BCUT2D eigenvalue weighted by Gasteiger charge is -2.03. The Hall–Kier alpha value is -2.46. The molecule has 0 fully saturated rings.